The van der Waals surface area contributed by atoms with E-state index in [-0.39, 0.29) is 12.6 Å². The minimum Gasteiger partial charge on any atom is -0.395 e. The van der Waals surface area contributed by atoms with E-state index in [2.05, 4.69) is 0 Å². The van der Waals surface area contributed by atoms with Crippen molar-refractivity contribution in [1.82, 2.24) is 0 Å². The molecule has 0 amide bonds. The molecule has 0 unspecified atom stereocenters. The Kier molecular flexibility index (Phi) is 6.10. The van der Waals surface area contributed by atoms with Crippen LogP contribution in [0.1, 0.15) is 12.0 Å². The summed E-state index contributed by atoms with van der Waals surface area (Å²) >= 11 is 7.60. The number of hydrogen-bond acceptors (Lipinski definition) is 3. The lowest BCUT2D eigenvalue weighted by atomic mass is 10.2. The predicted molar refractivity (Wildman–Crippen MR) is 67.3 cm³/mol. The van der Waals surface area contributed by atoms with Crippen LogP contribution in [0.3, 0.4) is 0 Å². The zero-order chi connectivity index (χ0) is 11.1. The molecule has 1 rings (SSSR count). The molecule has 0 aromatic heterocycles. The first-order valence-electron chi connectivity index (χ1n) is 4.91. The minimum atomic E-state index is -0.0808. The van der Waals surface area contributed by atoms with Crippen molar-refractivity contribution in [3.8, 4) is 0 Å². The Hall–Kier alpha value is -0.220. The zero-order valence-electron chi connectivity index (χ0n) is 8.53. The summed E-state index contributed by atoms with van der Waals surface area (Å²) in [4.78, 5) is 0. The van der Waals surface area contributed by atoms with Crippen molar-refractivity contribution in [3.05, 3.63) is 34.9 Å². The first-order valence-corrected chi connectivity index (χ1v) is 6.44. The summed E-state index contributed by atoms with van der Waals surface area (Å²) in [5.74, 6) is 1.94. The standard InChI is InChI=1S/C11H16ClNOS/c12-10-3-1-9(2-4-10)8-15-6-5-11(13)7-14/h1-4,11,14H,5-8,13H2/t11-/m0/s1. The van der Waals surface area contributed by atoms with E-state index in [0.29, 0.717) is 0 Å². The summed E-state index contributed by atoms with van der Waals surface area (Å²) < 4.78 is 0. The molecule has 1 aromatic rings. The van der Waals surface area contributed by atoms with Gasteiger partial charge in [-0.3, -0.25) is 0 Å². The van der Waals surface area contributed by atoms with Crippen LogP contribution in [-0.2, 0) is 5.75 Å². The lowest BCUT2D eigenvalue weighted by Gasteiger charge is -2.07. The van der Waals surface area contributed by atoms with Gasteiger partial charge in [0.1, 0.15) is 0 Å². The molecular weight excluding hydrogens is 230 g/mol. The highest BCUT2D eigenvalue weighted by Crippen LogP contribution is 2.16. The third-order valence-electron chi connectivity index (χ3n) is 2.05. The minimum absolute atomic E-state index is 0.0709. The molecular formula is C11H16ClNOS. The van der Waals surface area contributed by atoms with E-state index < -0.39 is 0 Å². The Balaban J connectivity index is 2.17. The molecule has 84 valence electrons. The van der Waals surface area contributed by atoms with Crippen molar-refractivity contribution in [2.45, 2.75) is 18.2 Å². The maximum absolute atomic E-state index is 8.73. The van der Waals surface area contributed by atoms with Gasteiger partial charge in [0.15, 0.2) is 0 Å². The number of thioether (sulfide) groups is 1. The van der Waals surface area contributed by atoms with Gasteiger partial charge < -0.3 is 10.8 Å². The topological polar surface area (TPSA) is 46.2 Å². The van der Waals surface area contributed by atoms with Crippen LogP contribution in [0.4, 0.5) is 0 Å². The van der Waals surface area contributed by atoms with Gasteiger partial charge in [-0.1, -0.05) is 23.7 Å². The fourth-order valence-corrected chi connectivity index (χ4v) is 2.26. The first-order chi connectivity index (χ1) is 7.22. The summed E-state index contributed by atoms with van der Waals surface area (Å²) in [7, 11) is 0. The van der Waals surface area contributed by atoms with Crippen LogP contribution in [0.25, 0.3) is 0 Å². The Morgan fingerprint density at radius 3 is 2.60 bits per heavy atom. The number of aliphatic hydroxyl groups is 1. The van der Waals surface area contributed by atoms with Crippen molar-refractivity contribution < 1.29 is 5.11 Å². The molecule has 0 aliphatic rings. The second kappa shape index (κ2) is 7.12. The molecule has 0 heterocycles. The van der Waals surface area contributed by atoms with Crippen LogP contribution in [0.2, 0.25) is 5.02 Å². The number of nitrogens with two attached hydrogens (primary N) is 1. The highest BCUT2D eigenvalue weighted by atomic mass is 35.5. The third kappa shape index (κ3) is 5.42. The maximum Gasteiger partial charge on any atom is 0.0582 e. The normalized spacial score (nSPS) is 12.7. The molecule has 4 heteroatoms. The van der Waals surface area contributed by atoms with Crippen LogP contribution < -0.4 is 5.73 Å². The van der Waals surface area contributed by atoms with Crippen molar-refractivity contribution >= 4 is 23.4 Å². The van der Waals surface area contributed by atoms with E-state index in [0.717, 1.165) is 22.9 Å². The molecule has 2 nitrogen and oxygen atoms in total. The second-order valence-electron chi connectivity index (χ2n) is 3.41. The van der Waals surface area contributed by atoms with Crippen molar-refractivity contribution in [3.63, 3.8) is 0 Å². The summed E-state index contributed by atoms with van der Waals surface area (Å²) in [5, 5.41) is 9.50. The largest absolute Gasteiger partial charge is 0.395 e. The van der Waals surface area contributed by atoms with Gasteiger partial charge in [-0.2, -0.15) is 11.8 Å². The fourth-order valence-electron chi connectivity index (χ4n) is 1.10. The van der Waals surface area contributed by atoms with Crippen LogP contribution in [0.5, 0.6) is 0 Å². The summed E-state index contributed by atoms with van der Waals surface area (Å²) in [6.45, 7) is 0.0709. The van der Waals surface area contributed by atoms with E-state index in [4.69, 9.17) is 22.4 Å². The lowest BCUT2D eigenvalue weighted by Crippen LogP contribution is -2.24. The third-order valence-corrected chi connectivity index (χ3v) is 3.36. The molecule has 0 aliphatic heterocycles. The molecule has 0 fully saturated rings. The van der Waals surface area contributed by atoms with Gasteiger partial charge in [-0.15, -0.1) is 0 Å². The summed E-state index contributed by atoms with van der Waals surface area (Å²) in [6, 6.07) is 7.78. The van der Waals surface area contributed by atoms with Gasteiger partial charge in [0.25, 0.3) is 0 Å². The number of rotatable bonds is 6. The molecule has 1 atom stereocenters. The van der Waals surface area contributed by atoms with Crippen molar-refractivity contribution in [2.75, 3.05) is 12.4 Å². The number of hydrogen-bond donors (Lipinski definition) is 2. The number of aliphatic hydroxyl groups excluding tert-OH is 1. The van der Waals surface area contributed by atoms with Gasteiger partial charge in [0.2, 0.25) is 0 Å². The van der Waals surface area contributed by atoms with Gasteiger partial charge in [-0.05, 0) is 29.9 Å². The van der Waals surface area contributed by atoms with Gasteiger partial charge in [-0.25, -0.2) is 0 Å². The highest BCUT2D eigenvalue weighted by Gasteiger charge is 2.00. The molecule has 0 bridgehead atoms. The SMILES string of the molecule is N[C@H](CO)CCSCc1ccc(Cl)cc1. The predicted octanol–water partition coefficient (Wildman–Crippen LogP) is 2.28. The van der Waals surface area contributed by atoms with E-state index in [9.17, 15) is 0 Å². The maximum atomic E-state index is 8.73. The number of halogens is 1. The van der Waals surface area contributed by atoms with Crippen LogP contribution in [-0.4, -0.2) is 23.5 Å². The smallest absolute Gasteiger partial charge is 0.0582 e. The first kappa shape index (κ1) is 12.8. The molecule has 15 heavy (non-hydrogen) atoms. The van der Waals surface area contributed by atoms with Gasteiger partial charge >= 0.3 is 0 Å². The molecule has 0 spiro atoms. The van der Waals surface area contributed by atoms with Gasteiger partial charge in [0, 0.05) is 16.8 Å². The Morgan fingerprint density at radius 2 is 2.00 bits per heavy atom. The Labute approximate surface area is 99.8 Å². The average molecular weight is 246 g/mol. The summed E-state index contributed by atoms with van der Waals surface area (Å²) in [6.07, 6.45) is 0.856. The van der Waals surface area contributed by atoms with Crippen LogP contribution in [0, 0.1) is 0 Å². The molecule has 1 aromatic carbocycles. The molecule has 0 saturated heterocycles. The summed E-state index contributed by atoms with van der Waals surface area (Å²) in [5.41, 5.74) is 6.86. The second-order valence-corrected chi connectivity index (χ2v) is 4.95. The van der Waals surface area contributed by atoms with Crippen LogP contribution in [0.15, 0.2) is 24.3 Å². The van der Waals surface area contributed by atoms with Gasteiger partial charge in [0.05, 0.1) is 6.61 Å². The highest BCUT2D eigenvalue weighted by molar-refractivity contribution is 7.98. The Morgan fingerprint density at radius 1 is 1.33 bits per heavy atom. The van der Waals surface area contributed by atoms with E-state index in [1.807, 2.05) is 36.0 Å². The molecule has 0 saturated carbocycles. The molecule has 0 aliphatic carbocycles. The van der Waals surface area contributed by atoms with Crippen LogP contribution >= 0.6 is 23.4 Å². The monoisotopic (exact) mass is 245 g/mol. The van der Waals surface area contributed by atoms with Crippen molar-refractivity contribution in [1.29, 1.82) is 0 Å². The molecule has 3 N–H and O–H groups in total. The van der Waals surface area contributed by atoms with E-state index in [1.54, 1.807) is 0 Å². The fraction of sp³-hybridized carbons (Fsp3) is 0.455. The van der Waals surface area contributed by atoms with E-state index >= 15 is 0 Å². The zero-order valence-corrected chi connectivity index (χ0v) is 10.1. The number of benzene rings is 1. The van der Waals surface area contributed by atoms with E-state index in [1.165, 1.54) is 5.56 Å². The average Bonchev–Trinajstić information content (AvgIpc) is 2.26. The molecule has 0 radical (unpaired) electrons. The Bertz CT molecular complexity index is 278. The quantitative estimate of drug-likeness (QED) is 0.756. The van der Waals surface area contributed by atoms with Crippen molar-refractivity contribution in [2.24, 2.45) is 5.73 Å². The lowest BCUT2D eigenvalue weighted by molar-refractivity contribution is 0.264.